The van der Waals surface area contributed by atoms with Gasteiger partial charge in [-0.15, -0.1) is 0 Å². The van der Waals surface area contributed by atoms with E-state index in [0.717, 1.165) is 29.7 Å². The highest BCUT2D eigenvalue weighted by Gasteiger charge is 2.24. The van der Waals surface area contributed by atoms with E-state index in [4.69, 9.17) is 21.3 Å². The van der Waals surface area contributed by atoms with Crippen LogP contribution in [0.2, 0.25) is 5.02 Å². The molecule has 178 valence electrons. The number of carbonyl (C=O) groups excluding carboxylic acids is 2. The Morgan fingerprint density at radius 2 is 2.03 bits per heavy atom. The molecule has 2 heterocycles. The molecule has 2 aromatic carbocycles. The molecule has 1 aromatic heterocycles. The Balaban J connectivity index is 1.59. The predicted molar refractivity (Wildman–Crippen MR) is 133 cm³/mol. The highest BCUT2D eigenvalue weighted by molar-refractivity contribution is 6.30. The van der Waals surface area contributed by atoms with Gasteiger partial charge in [0.15, 0.2) is 0 Å². The van der Waals surface area contributed by atoms with Gasteiger partial charge in [0.25, 0.3) is 0 Å². The van der Waals surface area contributed by atoms with Crippen molar-refractivity contribution in [2.45, 2.75) is 39.2 Å². The fourth-order valence-electron chi connectivity index (χ4n) is 4.05. The van der Waals surface area contributed by atoms with E-state index >= 15 is 0 Å². The van der Waals surface area contributed by atoms with Crippen LogP contribution in [0.5, 0.6) is 0 Å². The van der Waals surface area contributed by atoms with E-state index < -0.39 is 0 Å². The zero-order valence-corrected chi connectivity index (χ0v) is 20.2. The van der Waals surface area contributed by atoms with Crippen molar-refractivity contribution in [2.75, 3.05) is 25.0 Å². The van der Waals surface area contributed by atoms with Gasteiger partial charge in [-0.3, -0.25) is 19.5 Å². The van der Waals surface area contributed by atoms with Gasteiger partial charge >= 0.3 is 0 Å². The molecule has 1 aliphatic heterocycles. The maximum absolute atomic E-state index is 13.0. The Kier molecular flexibility index (Phi) is 7.65. The summed E-state index contributed by atoms with van der Waals surface area (Å²) in [5.74, 6) is 0.0121. The lowest BCUT2D eigenvalue weighted by molar-refractivity contribution is -0.135. The predicted octanol–water partition coefficient (Wildman–Crippen LogP) is 4.86. The van der Waals surface area contributed by atoms with Crippen molar-refractivity contribution >= 4 is 29.4 Å². The summed E-state index contributed by atoms with van der Waals surface area (Å²) >= 11 is 6.04. The highest BCUT2D eigenvalue weighted by atomic mass is 35.5. The van der Waals surface area contributed by atoms with E-state index in [1.54, 1.807) is 24.0 Å². The van der Waals surface area contributed by atoms with Gasteiger partial charge in [-0.1, -0.05) is 42.8 Å². The number of anilines is 1. The van der Waals surface area contributed by atoms with Gasteiger partial charge in [0, 0.05) is 42.0 Å². The number of hydrogen-bond acceptors (Lipinski definition) is 4. The van der Waals surface area contributed by atoms with E-state index in [1.165, 1.54) is 0 Å². The van der Waals surface area contributed by atoms with Crippen LogP contribution < -0.4 is 5.32 Å². The van der Waals surface area contributed by atoms with Crippen LogP contribution in [-0.2, 0) is 14.3 Å². The van der Waals surface area contributed by atoms with Crippen LogP contribution in [0.1, 0.15) is 31.7 Å². The lowest BCUT2D eigenvalue weighted by atomic mass is 10.2. The zero-order chi connectivity index (χ0) is 24.1. The van der Waals surface area contributed by atoms with E-state index in [2.05, 4.69) is 5.32 Å². The van der Waals surface area contributed by atoms with Crippen molar-refractivity contribution in [1.82, 2.24) is 14.5 Å². The quantitative estimate of drug-likeness (QED) is 0.499. The number of carbonyl (C=O) groups is 2. The van der Waals surface area contributed by atoms with Gasteiger partial charge in [-0.25, -0.2) is 4.98 Å². The normalized spacial score (nSPS) is 15.3. The Hall–Kier alpha value is -3.16. The lowest BCUT2D eigenvalue weighted by Gasteiger charge is -2.24. The Morgan fingerprint density at radius 1 is 1.24 bits per heavy atom. The summed E-state index contributed by atoms with van der Waals surface area (Å²) in [5, 5.41) is 3.56. The molecule has 7 nitrogen and oxygen atoms in total. The maximum Gasteiger partial charge on any atom is 0.246 e. The van der Waals surface area contributed by atoms with Gasteiger partial charge in [-0.2, -0.15) is 0 Å². The fourth-order valence-corrected chi connectivity index (χ4v) is 4.18. The maximum atomic E-state index is 13.0. The van der Waals surface area contributed by atoms with Gasteiger partial charge < -0.3 is 9.64 Å². The van der Waals surface area contributed by atoms with Crippen molar-refractivity contribution in [1.29, 1.82) is 0 Å². The van der Waals surface area contributed by atoms with Gasteiger partial charge in [0.1, 0.15) is 6.54 Å². The number of imidazole rings is 1. The molecule has 1 fully saturated rings. The molecule has 34 heavy (non-hydrogen) atoms. The van der Waals surface area contributed by atoms with Crippen LogP contribution in [-0.4, -0.2) is 52.1 Å². The molecule has 0 spiro atoms. The summed E-state index contributed by atoms with van der Waals surface area (Å²) in [5.41, 5.74) is 3.55. The van der Waals surface area contributed by atoms with Crippen molar-refractivity contribution < 1.29 is 14.3 Å². The van der Waals surface area contributed by atoms with Crippen LogP contribution in [0.15, 0.2) is 54.7 Å². The minimum Gasteiger partial charge on any atom is -0.376 e. The SMILES string of the molecule is CCC(=O)N(CC(=O)Nc1nc(-c2ccc(Cl)cc2)cn1-c1cccc(C)c1)CC1CCCO1. The first-order chi connectivity index (χ1) is 16.4. The molecule has 3 aromatic rings. The first-order valence-electron chi connectivity index (χ1n) is 11.5. The molecule has 1 N–H and O–H groups in total. The van der Waals surface area contributed by atoms with Gasteiger partial charge in [0.2, 0.25) is 17.8 Å². The minimum atomic E-state index is -0.304. The summed E-state index contributed by atoms with van der Waals surface area (Å²) in [6.45, 7) is 4.88. The first-order valence-corrected chi connectivity index (χ1v) is 11.9. The third-order valence-electron chi connectivity index (χ3n) is 5.81. The first kappa shape index (κ1) is 24.0. The van der Waals surface area contributed by atoms with Crippen LogP contribution in [0.4, 0.5) is 5.95 Å². The second-order valence-electron chi connectivity index (χ2n) is 8.48. The number of nitrogens with one attached hydrogen (secondary N) is 1. The third-order valence-corrected chi connectivity index (χ3v) is 6.07. The molecule has 1 aliphatic rings. The molecule has 8 heteroatoms. The standard InChI is InChI=1S/C26H29ClN4O3/c1-3-25(33)30(15-22-8-5-13-34-22)17-24(32)29-26-28-23(19-9-11-20(27)12-10-19)16-31(26)21-7-4-6-18(2)14-21/h4,6-7,9-12,14,16,22H,3,5,8,13,15,17H2,1-2H3,(H,28,29,32). The molecule has 0 radical (unpaired) electrons. The molecule has 1 unspecified atom stereocenters. The molecule has 0 aliphatic carbocycles. The third kappa shape index (κ3) is 5.85. The van der Waals surface area contributed by atoms with E-state index in [-0.39, 0.29) is 24.5 Å². The number of benzene rings is 2. The number of aryl methyl sites for hydroxylation is 1. The second kappa shape index (κ2) is 10.8. The topological polar surface area (TPSA) is 76.5 Å². The molecule has 0 bridgehead atoms. The number of aromatic nitrogens is 2. The molecule has 0 saturated carbocycles. The fraction of sp³-hybridized carbons (Fsp3) is 0.346. The summed E-state index contributed by atoms with van der Waals surface area (Å²) in [4.78, 5) is 31.8. The number of amides is 2. The van der Waals surface area contributed by atoms with Gasteiger partial charge in [0.05, 0.1) is 11.8 Å². The number of halogens is 1. The van der Waals surface area contributed by atoms with Crippen LogP contribution in [0, 0.1) is 6.92 Å². The van der Waals surface area contributed by atoms with Gasteiger partial charge in [-0.05, 0) is 49.6 Å². The summed E-state index contributed by atoms with van der Waals surface area (Å²) in [7, 11) is 0. The second-order valence-corrected chi connectivity index (χ2v) is 8.91. The summed E-state index contributed by atoms with van der Waals surface area (Å²) in [6.07, 6.45) is 4.08. The minimum absolute atomic E-state index is 0.0194. The number of rotatable bonds is 8. The monoisotopic (exact) mass is 480 g/mol. The Bertz CT molecular complexity index is 1150. The van der Waals surface area contributed by atoms with E-state index in [1.807, 2.05) is 54.1 Å². The molecular formula is C26H29ClN4O3. The number of ether oxygens (including phenoxy) is 1. The van der Waals surface area contributed by atoms with Crippen molar-refractivity contribution in [3.63, 3.8) is 0 Å². The number of hydrogen-bond donors (Lipinski definition) is 1. The van der Waals surface area contributed by atoms with Crippen molar-refractivity contribution in [3.05, 3.63) is 65.3 Å². The van der Waals surface area contributed by atoms with Crippen LogP contribution in [0.3, 0.4) is 0 Å². The zero-order valence-electron chi connectivity index (χ0n) is 19.5. The molecular weight excluding hydrogens is 452 g/mol. The summed E-state index contributed by atoms with van der Waals surface area (Å²) in [6, 6.07) is 15.3. The van der Waals surface area contributed by atoms with E-state index in [9.17, 15) is 9.59 Å². The largest absolute Gasteiger partial charge is 0.376 e. The summed E-state index contributed by atoms with van der Waals surface area (Å²) < 4.78 is 7.52. The highest BCUT2D eigenvalue weighted by Crippen LogP contribution is 2.26. The smallest absolute Gasteiger partial charge is 0.246 e. The Morgan fingerprint density at radius 3 is 2.71 bits per heavy atom. The van der Waals surface area contributed by atoms with Crippen LogP contribution in [0.25, 0.3) is 16.9 Å². The molecule has 1 saturated heterocycles. The van der Waals surface area contributed by atoms with Crippen LogP contribution >= 0.6 is 11.6 Å². The van der Waals surface area contributed by atoms with Crippen molar-refractivity contribution in [3.8, 4) is 16.9 Å². The molecule has 1 atom stereocenters. The lowest BCUT2D eigenvalue weighted by Crippen LogP contribution is -2.42. The molecule has 4 rings (SSSR count). The average Bonchev–Trinajstić information content (AvgIpc) is 3.49. The molecule has 2 amide bonds. The van der Waals surface area contributed by atoms with Crippen molar-refractivity contribution in [2.24, 2.45) is 0 Å². The Labute approximate surface area is 204 Å². The number of nitrogens with zero attached hydrogens (tertiary/aromatic N) is 3. The average molecular weight is 481 g/mol. The van der Waals surface area contributed by atoms with E-state index in [0.29, 0.717) is 36.2 Å².